The van der Waals surface area contributed by atoms with E-state index >= 15 is 0 Å². The molecule has 1 heteroatoms. The monoisotopic (exact) mass is 126 g/mol. The zero-order valence-electron chi connectivity index (χ0n) is 5.97. The van der Waals surface area contributed by atoms with Gasteiger partial charge >= 0.3 is 0 Å². The van der Waals surface area contributed by atoms with E-state index in [-0.39, 0.29) is 0 Å². The smallest absolute Gasteiger partial charge is 0.0756 e. The summed E-state index contributed by atoms with van der Waals surface area (Å²) >= 11 is 0. The molecule has 1 rings (SSSR count). The van der Waals surface area contributed by atoms with Gasteiger partial charge in [-0.1, -0.05) is 19.1 Å². The minimum absolute atomic E-state index is 0.435. The molecule has 0 bridgehead atoms. The van der Waals surface area contributed by atoms with Crippen LogP contribution in [0.3, 0.4) is 0 Å². The van der Waals surface area contributed by atoms with Crippen molar-refractivity contribution in [2.75, 3.05) is 6.61 Å². The topological polar surface area (TPSA) is 9.23 Å². The van der Waals surface area contributed by atoms with E-state index in [4.69, 9.17) is 4.74 Å². The standard InChI is InChI=1S/C8H14O/c1-2-3-5-8-6-4-7-9-8/h3,5,8H,2,4,6-7H2,1H3/b5-3+/t8-/m1/s1. The molecule has 0 aromatic heterocycles. The molecule has 1 fully saturated rings. The van der Waals surface area contributed by atoms with Crippen LogP contribution in [0.25, 0.3) is 0 Å². The Morgan fingerprint density at radius 2 is 2.56 bits per heavy atom. The Morgan fingerprint density at radius 1 is 1.67 bits per heavy atom. The maximum absolute atomic E-state index is 5.37. The van der Waals surface area contributed by atoms with Crippen LogP contribution < -0.4 is 0 Å². The van der Waals surface area contributed by atoms with Crippen molar-refractivity contribution in [1.29, 1.82) is 0 Å². The Hall–Kier alpha value is -0.300. The van der Waals surface area contributed by atoms with Gasteiger partial charge in [-0.3, -0.25) is 0 Å². The fourth-order valence-electron chi connectivity index (χ4n) is 1.04. The third-order valence-corrected chi connectivity index (χ3v) is 1.55. The van der Waals surface area contributed by atoms with Gasteiger partial charge in [-0.25, -0.2) is 0 Å². The van der Waals surface area contributed by atoms with E-state index < -0.39 is 0 Å². The first kappa shape index (κ1) is 6.81. The number of rotatable bonds is 2. The Morgan fingerprint density at radius 3 is 3.11 bits per heavy atom. The minimum Gasteiger partial charge on any atom is -0.374 e. The van der Waals surface area contributed by atoms with Crippen LogP contribution in [0.4, 0.5) is 0 Å². The molecule has 0 aliphatic carbocycles. The largest absolute Gasteiger partial charge is 0.374 e. The van der Waals surface area contributed by atoms with Crippen LogP contribution in [0.2, 0.25) is 0 Å². The molecule has 0 saturated carbocycles. The Balaban J connectivity index is 2.18. The number of ether oxygens (including phenoxy) is 1. The van der Waals surface area contributed by atoms with Crippen LogP contribution in [0.1, 0.15) is 26.2 Å². The van der Waals surface area contributed by atoms with Crippen molar-refractivity contribution in [3.63, 3.8) is 0 Å². The first-order valence-corrected chi connectivity index (χ1v) is 3.71. The van der Waals surface area contributed by atoms with E-state index in [0.717, 1.165) is 13.0 Å². The van der Waals surface area contributed by atoms with E-state index in [2.05, 4.69) is 19.1 Å². The molecule has 0 amide bonds. The van der Waals surface area contributed by atoms with E-state index in [0.29, 0.717) is 6.10 Å². The van der Waals surface area contributed by atoms with Gasteiger partial charge in [0, 0.05) is 6.61 Å². The van der Waals surface area contributed by atoms with Gasteiger partial charge in [0.2, 0.25) is 0 Å². The van der Waals surface area contributed by atoms with Crippen molar-refractivity contribution in [3.8, 4) is 0 Å². The van der Waals surface area contributed by atoms with Crippen LogP contribution in [-0.2, 0) is 4.74 Å². The third-order valence-electron chi connectivity index (χ3n) is 1.55. The lowest BCUT2D eigenvalue weighted by Crippen LogP contribution is -1.98. The molecular weight excluding hydrogens is 112 g/mol. The fourth-order valence-corrected chi connectivity index (χ4v) is 1.04. The maximum Gasteiger partial charge on any atom is 0.0756 e. The Bertz CT molecular complexity index is 90.7. The van der Waals surface area contributed by atoms with Gasteiger partial charge in [-0.05, 0) is 19.3 Å². The Labute approximate surface area is 56.7 Å². The average molecular weight is 126 g/mol. The summed E-state index contributed by atoms with van der Waals surface area (Å²) < 4.78 is 5.37. The van der Waals surface area contributed by atoms with Crippen molar-refractivity contribution in [3.05, 3.63) is 12.2 Å². The lowest BCUT2D eigenvalue weighted by Gasteiger charge is -1.99. The molecule has 0 radical (unpaired) electrons. The first-order chi connectivity index (χ1) is 4.43. The maximum atomic E-state index is 5.37. The van der Waals surface area contributed by atoms with Crippen molar-refractivity contribution in [2.24, 2.45) is 0 Å². The molecular formula is C8H14O. The van der Waals surface area contributed by atoms with Gasteiger partial charge in [-0.2, -0.15) is 0 Å². The van der Waals surface area contributed by atoms with Crippen molar-refractivity contribution in [2.45, 2.75) is 32.3 Å². The van der Waals surface area contributed by atoms with E-state index in [1.165, 1.54) is 12.8 Å². The highest BCUT2D eigenvalue weighted by Gasteiger charge is 2.10. The van der Waals surface area contributed by atoms with E-state index in [1.54, 1.807) is 0 Å². The quantitative estimate of drug-likeness (QED) is 0.515. The molecule has 1 heterocycles. The highest BCUT2D eigenvalue weighted by Crippen LogP contribution is 2.12. The first-order valence-electron chi connectivity index (χ1n) is 3.71. The molecule has 0 unspecified atom stereocenters. The van der Waals surface area contributed by atoms with Gasteiger partial charge in [-0.15, -0.1) is 0 Å². The second kappa shape index (κ2) is 3.67. The summed E-state index contributed by atoms with van der Waals surface area (Å²) in [4.78, 5) is 0. The molecule has 1 aliphatic heterocycles. The summed E-state index contributed by atoms with van der Waals surface area (Å²) in [5.41, 5.74) is 0. The van der Waals surface area contributed by atoms with E-state index in [1.807, 2.05) is 0 Å². The SMILES string of the molecule is CC/C=C/[C@@H]1CCCO1. The molecule has 52 valence electrons. The van der Waals surface area contributed by atoms with Crippen LogP contribution >= 0.6 is 0 Å². The predicted octanol–water partition coefficient (Wildman–Crippen LogP) is 2.13. The third kappa shape index (κ3) is 2.19. The molecule has 0 aromatic carbocycles. The minimum atomic E-state index is 0.435. The summed E-state index contributed by atoms with van der Waals surface area (Å²) in [5.74, 6) is 0. The average Bonchev–Trinajstić information content (AvgIpc) is 2.34. The van der Waals surface area contributed by atoms with Crippen molar-refractivity contribution < 1.29 is 4.74 Å². The number of hydrogen-bond acceptors (Lipinski definition) is 1. The van der Waals surface area contributed by atoms with Crippen LogP contribution in [0.15, 0.2) is 12.2 Å². The lowest BCUT2D eigenvalue weighted by atomic mass is 10.2. The van der Waals surface area contributed by atoms with Gasteiger partial charge in [0.25, 0.3) is 0 Å². The molecule has 1 aliphatic rings. The predicted molar refractivity (Wildman–Crippen MR) is 38.4 cm³/mol. The molecule has 9 heavy (non-hydrogen) atoms. The van der Waals surface area contributed by atoms with Crippen LogP contribution in [-0.4, -0.2) is 12.7 Å². The molecule has 1 atom stereocenters. The fraction of sp³-hybridized carbons (Fsp3) is 0.750. The normalized spacial score (nSPS) is 27.9. The second-order valence-corrected chi connectivity index (χ2v) is 2.39. The Kier molecular flexibility index (Phi) is 2.78. The van der Waals surface area contributed by atoms with E-state index in [9.17, 15) is 0 Å². The zero-order valence-corrected chi connectivity index (χ0v) is 5.97. The molecule has 1 nitrogen and oxygen atoms in total. The van der Waals surface area contributed by atoms with Crippen molar-refractivity contribution >= 4 is 0 Å². The summed E-state index contributed by atoms with van der Waals surface area (Å²) in [6.07, 6.45) is 8.36. The van der Waals surface area contributed by atoms with Gasteiger partial charge < -0.3 is 4.74 Å². The van der Waals surface area contributed by atoms with Crippen molar-refractivity contribution in [1.82, 2.24) is 0 Å². The summed E-state index contributed by atoms with van der Waals surface area (Å²) in [7, 11) is 0. The van der Waals surface area contributed by atoms with Gasteiger partial charge in [0.15, 0.2) is 0 Å². The summed E-state index contributed by atoms with van der Waals surface area (Å²) in [6, 6.07) is 0. The highest BCUT2D eigenvalue weighted by atomic mass is 16.5. The molecule has 0 aromatic rings. The number of allylic oxidation sites excluding steroid dienone is 1. The van der Waals surface area contributed by atoms with Crippen LogP contribution in [0.5, 0.6) is 0 Å². The lowest BCUT2D eigenvalue weighted by molar-refractivity contribution is 0.145. The summed E-state index contributed by atoms with van der Waals surface area (Å²) in [5, 5.41) is 0. The zero-order chi connectivity index (χ0) is 6.53. The summed E-state index contributed by atoms with van der Waals surface area (Å²) in [6.45, 7) is 3.10. The highest BCUT2D eigenvalue weighted by molar-refractivity contribution is 4.90. The molecule has 0 N–H and O–H groups in total. The number of hydrogen-bond donors (Lipinski definition) is 0. The molecule has 1 saturated heterocycles. The second-order valence-electron chi connectivity index (χ2n) is 2.39. The van der Waals surface area contributed by atoms with Crippen LogP contribution in [0, 0.1) is 0 Å². The van der Waals surface area contributed by atoms with Gasteiger partial charge in [0.05, 0.1) is 6.10 Å². The van der Waals surface area contributed by atoms with Gasteiger partial charge in [0.1, 0.15) is 0 Å². The molecule has 0 spiro atoms.